The van der Waals surface area contributed by atoms with Crippen LogP contribution in [0.1, 0.15) is 44.1 Å². The number of rotatable bonds is 6. The summed E-state index contributed by atoms with van der Waals surface area (Å²) in [7, 11) is 3.42. The van der Waals surface area contributed by atoms with Gasteiger partial charge in [0.1, 0.15) is 11.5 Å². The van der Waals surface area contributed by atoms with Gasteiger partial charge in [-0.15, -0.1) is 0 Å². The molecular weight excluding hydrogens is 316 g/mol. The van der Waals surface area contributed by atoms with Crippen LogP contribution < -0.4 is 14.8 Å². The topological polar surface area (TPSA) is 50.8 Å². The molecule has 3 aliphatic rings. The summed E-state index contributed by atoms with van der Waals surface area (Å²) in [5.41, 5.74) is 1.18. The Hall–Kier alpha value is -1.75. The summed E-state index contributed by atoms with van der Waals surface area (Å²) in [5, 5.41) is 3.30. The second-order valence-corrected chi connectivity index (χ2v) is 7.69. The van der Waals surface area contributed by atoms with Gasteiger partial charge in [-0.1, -0.05) is 0 Å². The minimum absolute atomic E-state index is 0.285. The molecule has 1 aromatic carbocycles. The molecule has 1 aliphatic carbocycles. The predicted molar refractivity (Wildman–Crippen MR) is 95.8 cm³/mol. The largest absolute Gasteiger partial charge is 0.497 e. The molecule has 2 atom stereocenters. The molecule has 5 heteroatoms. The number of hydrogen-bond acceptors (Lipinski definition) is 4. The van der Waals surface area contributed by atoms with E-state index in [1.54, 1.807) is 14.2 Å². The zero-order chi connectivity index (χ0) is 17.4. The second kappa shape index (κ2) is 6.87. The number of methoxy groups -OCH3 is 2. The number of carbonyl (C=O) groups is 1. The number of nitrogens with one attached hydrogen (secondary N) is 1. The highest BCUT2D eigenvalue weighted by Gasteiger charge is 2.42. The first-order valence-corrected chi connectivity index (χ1v) is 9.45. The second-order valence-electron chi connectivity index (χ2n) is 7.69. The molecule has 1 amide bonds. The lowest BCUT2D eigenvalue weighted by Gasteiger charge is -2.39. The smallest absolute Gasteiger partial charge is 0.223 e. The van der Waals surface area contributed by atoms with Gasteiger partial charge in [0, 0.05) is 36.2 Å². The number of carbonyl (C=O) groups excluding carboxylic acids is 1. The summed E-state index contributed by atoms with van der Waals surface area (Å²) in [5.74, 6) is 2.38. The number of piperidine rings is 1. The summed E-state index contributed by atoms with van der Waals surface area (Å²) < 4.78 is 10.9. The van der Waals surface area contributed by atoms with Crippen LogP contribution in [0.25, 0.3) is 0 Å². The summed E-state index contributed by atoms with van der Waals surface area (Å²) in [4.78, 5) is 14.7. The highest BCUT2D eigenvalue weighted by atomic mass is 16.5. The molecule has 4 rings (SSSR count). The van der Waals surface area contributed by atoms with Gasteiger partial charge in [0.05, 0.1) is 14.2 Å². The van der Waals surface area contributed by atoms with E-state index in [2.05, 4.69) is 16.3 Å². The molecule has 2 heterocycles. The molecule has 1 N–H and O–H groups in total. The molecular formula is C20H28N2O3. The van der Waals surface area contributed by atoms with Gasteiger partial charge in [-0.2, -0.15) is 0 Å². The SMILES string of the molecule is COc1ccc(OC)c(CN2C3CCC2CC(NC(=O)C2CC2)C3)c1. The van der Waals surface area contributed by atoms with Crippen molar-refractivity contribution in [2.75, 3.05) is 14.2 Å². The van der Waals surface area contributed by atoms with Gasteiger partial charge in [-0.3, -0.25) is 9.69 Å². The molecule has 136 valence electrons. The lowest BCUT2D eigenvalue weighted by atomic mass is 9.96. The van der Waals surface area contributed by atoms with E-state index < -0.39 is 0 Å². The summed E-state index contributed by atoms with van der Waals surface area (Å²) in [6.45, 7) is 0.888. The molecule has 5 nitrogen and oxygen atoms in total. The van der Waals surface area contributed by atoms with Gasteiger partial charge in [0.25, 0.3) is 0 Å². The fourth-order valence-electron chi connectivity index (χ4n) is 4.52. The highest BCUT2D eigenvalue weighted by Crippen LogP contribution is 2.39. The van der Waals surface area contributed by atoms with Crippen LogP contribution >= 0.6 is 0 Å². The first-order valence-electron chi connectivity index (χ1n) is 9.45. The Labute approximate surface area is 149 Å². The van der Waals surface area contributed by atoms with Crippen molar-refractivity contribution in [3.8, 4) is 11.5 Å². The van der Waals surface area contributed by atoms with E-state index in [0.29, 0.717) is 24.0 Å². The van der Waals surface area contributed by atoms with E-state index in [-0.39, 0.29) is 5.91 Å². The standard InChI is InChI=1S/C20H28N2O3/c1-24-18-7-8-19(25-2)14(9-18)12-22-16-5-6-17(22)11-15(10-16)21-20(23)13-3-4-13/h7-9,13,15-17H,3-6,10-12H2,1-2H3,(H,21,23). The third-order valence-corrected chi connectivity index (χ3v) is 6.02. The van der Waals surface area contributed by atoms with Gasteiger partial charge in [-0.25, -0.2) is 0 Å². The Balaban J connectivity index is 1.43. The number of amides is 1. The summed E-state index contributed by atoms with van der Waals surface area (Å²) in [6.07, 6.45) is 6.75. The van der Waals surface area contributed by atoms with Crippen LogP contribution in [-0.2, 0) is 11.3 Å². The van der Waals surface area contributed by atoms with Crippen molar-refractivity contribution in [1.82, 2.24) is 10.2 Å². The molecule has 0 spiro atoms. The number of nitrogens with zero attached hydrogens (tertiary/aromatic N) is 1. The lowest BCUT2D eigenvalue weighted by molar-refractivity contribution is -0.123. The van der Waals surface area contributed by atoms with Crippen LogP contribution in [0.15, 0.2) is 18.2 Å². The summed E-state index contributed by atoms with van der Waals surface area (Å²) in [6, 6.07) is 7.47. The van der Waals surface area contributed by atoms with Gasteiger partial charge in [0.2, 0.25) is 5.91 Å². The van der Waals surface area contributed by atoms with E-state index >= 15 is 0 Å². The van der Waals surface area contributed by atoms with Crippen molar-refractivity contribution in [2.45, 2.75) is 63.2 Å². The van der Waals surface area contributed by atoms with Crippen molar-refractivity contribution in [3.05, 3.63) is 23.8 Å². The first kappa shape index (κ1) is 16.7. The molecule has 2 aliphatic heterocycles. The summed E-state index contributed by atoms with van der Waals surface area (Å²) >= 11 is 0. The molecule has 2 unspecified atom stereocenters. The molecule has 3 fully saturated rings. The van der Waals surface area contributed by atoms with Crippen molar-refractivity contribution in [2.24, 2.45) is 5.92 Å². The minimum atomic E-state index is 0.285. The first-order chi connectivity index (χ1) is 12.2. The van der Waals surface area contributed by atoms with Gasteiger partial charge >= 0.3 is 0 Å². The molecule has 2 bridgehead atoms. The molecule has 0 aromatic heterocycles. The van der Waals surface area contributed by atoms with Crippen LogP contribution in [0.4, 0.5) is 0 Å². The highest BCUT2D eigenvalue weighted by molar-refractivity contribution is 5.81. The Morgan fingerprint density at radius 1 is 1.12 bits per heavy atom. The Kier molecular flexibility index (Phi) is 4.59. The number of benzene rings is 1. The molecule has 25 heavy (non-hydrogen) atoms. The van der Waals surface area contributed by atoms with E-state index in [9.17, 15) is 4.79 Å². The lowest BCUT2D eigenvalue weighted by Crippen LogP contribution is -2.50. The zero-order valence-electron chi connectivity index (χ0n) is 15.2. The van der Waals surface area contributed by atoms with Crippen molar-refractivity contribution in [1.29, 1.82) is 0 Å². The quantitative estimate of drug-likeness (QED) is 0.862. The van der Waals surface area contributed by atoms with Crippen LogP contribution in [0.5, 0.6) is 11.5 Å². The molecule has 1 aromatic rings. The van der Waals surface area contributed by atoms with Crippen LogP contribution in [0, 0.1) is 5.92 Å². The normalized spacial score (nSPS) is 28.6. The van der Waals surface area contributed by atoms with Crippen LogP contribution in [0.3, 0.4) is 0 Å². The van der Waals surface area contributed by atoms with Gasteiger partial charge in [0.15, 0.2) is 0 Å². The Morgan fingerprint density at radius 2 is 1.84 bits per heavy atom. The van der Waals surface area contributed by atoms with E-state index in [0.717, 1.165) is 43.7 Å². The zero-order valence-corrected chi connectivity index (χ0v) is 15.2. The maximum Gasteiger partial charge on any atom is 0.223 e. The minimum Gasteiger partial charge on any atom is -0.497 e. The van der Waals surface area contributed by atoms with Gasteiger partial charge < -0.3 is 14.8 Å². The Morgan fingerprint density at radius 3 is 2.44 bits per heavy atom. The maximum absolute atomic E-state index is 12.1. The van der Waals surface area contributed by atoms with Crippen molar-refractivity contribution >= 4 is 5.91 Å². The van der Waals surface area contributed by atoms with Crippen LogP contribution in [-0.4, -0.2) is 43.2 Å². The fraction of sp³-hybridized carbons (Fsp3) is 0.650. The van der Waals surface area contributed by atoms with Gasteiger partial charge in [-0.05, 0) is 56.7 Å². The van der Waals surface area contributed by atoms with E-state index in [1.165, 1.54) is 18.4 Å². The molecule has 1 saturated carbocycles. The maximum atomic E-state index is 12.1. The fourth-order valence-corrected chi connectivity index (χ4v) is 4.52. The number of fused-ring (bicyclic) bond motifs is 2. The average Bonchev–Trinajstić information content (AvgIpc) is 3.43. The third kappa shape index (κ3) is 3.47. The molecule has 2 saturated heterocycles. The third-order valence-electron chi connectivity index (χ3n) is 6.02. The molecule has 0 radical (unpaired) electrons. The van der Waals surface area contributed by atoms with E-state index in [1.807, 2.05) is 12.1 Å². The number of hydrogen-bond donors (Lipinski definition) is 1. The Bertz CT molecular complexity index is 630. The predicted octanol–water partition coefficient (Wildman–Crippen LogP) is 2.73. The number of ether oxygens (including phenoxy) is 2. The van der Waals surface area contributed by atoms with E-state index in [4.69, 9.17) is 9.47 Å². The van der Waals surface area contributed by atoms with Crippen LogP contribution in [0.2, 0.25) is 0 Å². The average molecular weight is 344 g/mol. The van der Waals surface area contributed by atoms with Crippen molar-refractivity contribution in [3.63, 3.8) is 0 Å². The monoisotopic (exact) mass is 344 g/mol. The van der Waals surface area contributed by atoms with Crippen molar-refractivity contribution < 1.29 is 14.3 Å².